The quantitative estimate of drug-likeness (QED) is 0.803. The van der Waals surface area contributed by atoms with Gasteiger partial charge in [-0.15, -0.1) is 0 Å². The molecule has 1 nitrogen and oxygen atoms in total. The highest BCUT2D eigenvalue weighted by Crippen LogP contribution is 2.54. The molecule has 0 bridgehead atoms. The first-order chi connectivity index (χ1) is 8.13. The van der Waals surface area contributed by atoms with E-state index >= 15 is 0 Å². The van der Waals surface area contributed by atoms with E-state index in [1.165, 1.54) is 12.5 Å². The molecule has 0 saturated heterocycles. The summed E-state index contributed by atoms with van der Waals surface area (Å²) in [5.41, 5.74) is 0.472. The van der Waals surface area contributed by atoms with Crippen molar-refractivity contribution in [2.45, 2.75) is 25.7 Å². The summed E-state index contributed by atoms with van der Waals surface area (Å²) in [4.78, 5) is 12.0. The van der Waals surface area contributed by atoms with Crippen LogP contribution in [0.3, 0.4) is 0 Å². The van der Waals surface area contributed by atoms with E-state index in [0.29, 0.717) is 10.6 Å². The number of fused-ring (bicyclic) bond motifs is 1. The van der Waals surface area contributed by atoms with Crippen molar-refractivity contribution in [3.8, 4) is 0 Å². The zero-order valence-electron chi connectivity index (χ0n) is 9.46. The lowest BCUT2D eigenvalue weighted by Gasteiger charge is -2.10. The fraction of sp³-hybridized carbons (Fsp3) is 0.500. The summed E-state index contributed by atoms with van der Waals surface area (Å²) < 4.78 is 13.5. The number of carbonyl (C=O) groups excluding carboxylic acids is 1. The third kappa shape index (κ3) is 2.23. The summed E-state index contributed by atoms with van der Waals surface area (Å²) in [5.74, 6) is 1.58. The first-order valence-corrected chi connectivity index (χ1v) is 6.48. The van der Waals surface area contributed by atoms with Crippen molar-refractivity contribution < 1.29 is 9.18 Å². The van der Waals surface area contributed by atoms with Crippen LogP contribution in [0.1, 0.15) is 24.8 Å². The summed E-state index contributed by atoms with van der Waals surface area (Å²) in [6, 6.07) is 4.53. The average molecular weight is 253 g/mol. The van der Waals surface area contributed by atoms with E-state index in [2.05, 4.69) is 0 Å². The Labute approximate surface area is 105 Å². The third-order valence-electron chi connectivity index (χ3n) is 4.08. The van der Waals surface area contributed by atoms with Crippen LogP contribution in [0.4, 0.5) is 4.39 Å². The first kappa shape index (κ1) is 11.2. The van der Waals surface area contributed by atoms with Crippen molar-refractivity contribution >= 4 is 17.4 Å². The largest absolute Gasteiger partial charge is 0.299 e. The van der Waals surface area contributed by atoms with E-state index in [1.807, 2.05) is 0 Å². The Morgan fingerprint density at radius 2 is 2.00 bits per heavy atom. The Morgan fingerprint density at radius 3 is 2.65 bits per heavy atom. The van der Waals surface area contributed by atoms with Crippen LogP contribution in [0, 0.1) is 23.6 Å². The molecule has 0 radical (unpaired) electrons. The second kappa shape index (κ2) is 4.09. The van der Waals surface area contributed by atoms with E-state index < -0.39 is 0 Å². The van der Waals surface area contributed by atoms with Gasteiger partial charge in [0.25, 0.3) is 0 Å². The third-order valence-corrected chi connectivity index (χ3v) is 4.31. The molecule has 2 aliphatic rings. The smallest absolute Gasteiger partial charge is 0.140 e. The molecule has 1 aromatic carbocycles. The van der Waals surface area contributed by atoms with E-state index in [4.69, 9.17) is 11.6 Å². The highest BCUT2D eigenvalue weighted by Gasteiger charge is 2.47. The number of rotatable bonds is 3. The van der Waals surface area contributed by atoms with Gasteiger partial charge in [-0.2, -0.15) is 0 Å². The van der Waals surface area contributed by atoms with Crippen LogP contribution < -0.4 is 0 Å². The number of ketones is 1. The Balaban J connectivity index is 1.67. The fourth-order valence-electron chi connectivity index (χ4n) is 2.97. The van der Waals surface area contributed by atoms with Crippen LogP contribution >= 0.6 is 11.6 Å². The van der Waals surface area contributed by atoms with Gasteiger partial charge in [0.1, 0.15) is 11.6 Å². The molecular weight excluding hydrogens is 239 g/mol. The summed E-state index contributed by atoms with van der Waals surface area (Å²) in [7, 11) is 0. The maximum absolute atomic E-state index is 13.5. The summed E-state index contributed by atoms with van der Waals surface area (Å²) in [5, 5.41) is 0.376. The van der Waals surface area contributed by atoms with Gasteiger partial charge in [-0.05, 0) is 48.8 Å². The lowest BCUT2D eigenvalue weighted by Crippen LogP contribution is -2.16. The molecule has 0 spiro atoms. The Bertz CT molecular complexity index is 461. The molecule has 0 aliphatic heterocycles. The molecule has 1 aromatic rings. The average Bonchev–Trinajstić information content (AvgIpc) is 2.89. The van der Waals surface area contributed by atoms with Crippen molar-refractivity contribution in [2.75, 3.05) is 0 Å². The molecule has 0 heterocycles. The number of halogens is 2. The van der Waals surface area contributed by atoms with Crippen molar-refractivity contribution in [3.05, 3.63) is 34.6 Å². The van der Waals surface area contributed by atoms with Crippen LogP contribution in [0.5, 0.6) is 0 Å². The van der Waals surface area contributed by atoms with Crippen LogP contribution in [0.2, 0.25) is 5.02 Å². The van der Waals surface area contributed by atoms with Gasteiger partial charge in [-0.25, -0.2) is 4.39 Å². The molecule has 0 amide bonds. The number of benzene rings is 1. The molecule has 2 aliphatic carbocycles. The van der Waals surface area contributed by atoms with Gasteiger partial charge in [-0.1, -0.05) is 17.7 Å². The van der Waals surface area contributed by atoms with E-state index in [0.717, 1.165) is 24.7 Å². The van der Waals surface area contributed by atoms with Crippen molar-refractivity contribution in [3.63, 3.8) is 0 Å². The van der Waals surface area contributed by atoms with Gasteiger partial charge in [0.05, 0.1) is 0 Å². The molecule has 0 aromatic heterocycles. The minimum absolute atomic E-state index is 0.175. The second-order valence-corrected chi connectivity index (χ2v) is 5.74. The Hall–Kier alpha value is -0.890. The van der Waals surface area contributed by atoms with E-state index in [1.54, 1.807) is 12.1 Å². The van der Waals surface area contributed by atoms with Gasteiger partial charge in [0.2, 0.25) is 0 Å². The van der Waals surface area contributed by atoms with Crippen molar-refractivity contribution in [2.24, 2.45) is 17.8 Å². The van der Waals surface area contributed by atoms with Gasteiger partial charge >= 0.3 is 0 Å². The maximum Gasteiger partial charge on any atom is 0.140 e. The summed E-state index contributed by atoms with van der Waals surface area (Å²) in [6.07, 6.45) is 3.57. The predicted octanol–water partition coefficient (Wildman–Crippen LogP) is 3.64. The zero-order chi connectivity index (χ0) is 12.0. The Morgan fingerprint density at radius 1 is 1.29 bits per heavy atom. The van der Waals surface area contributed by atoms with Crippen LogP contribution in [0.25, 0.3) is 0 Å². The molecule has 3 heteroatoms. The van der Waals surface area contributed by atoms with Gasteiger partial charge < -0.3 is 0 Å². The van der Waals surface area contributed by atoms with Crippen molar-refractivity contribution in [1.82, 2.24) is 0 Å². The fourth-order valence-corrected chi connectivity index (χ4v) is 3.13. The molecule has 3 rings (SSSR count). The molecule has 2 saturated carbocycles. The van der Waals surface area contributed by atoms with Crippen molar-refractivity contribution in [1.29, 1.82) is 0 Å². The predicted molar refractivity (Wildman–Crippen MR) is 64.4 cm³/mol. The highest BCUT2D eigenvalue weighted by atomic mass is 35.5. The molecular formula is C14H14ClFO. The summed E-state index contributed by atoms with van der Waals surface area (Å²) in [6.45, 7) is 0. The highest BCUT2D eigenvalue weighted by molar-refractivity contribution is 6.30. The van der Waals surface area contributed by atoms with E-state index in [-0.39, 0.29) is 23.9 Å². The molecule has 2 atom stereocenters. The molecule has 0 N–H and O–H groups in total. The SMILES string of the molecule is O=C(Cc1ccc(Cl)cc1F)C1CC2CC2C1. The zero-order valence-corrected chi connectivity index (χ0v) is 10.2. The lowest BCUT2D eigenvalue weighted by molar-refractivity contribution is -0.122. The number of hydrogen-bond acceptors (Lipinski definition) is 1. The van der Waals surface area contributed by atoms with Crippen LogP contribution in [-0.2, 0) is 11.2 Å². The maximum atomic E-state index is 13.5. The lowest BCUT2D eigenvalue weighted by atomic mass is 9.93. The second-order valence-electron chi connectivity index (χ2n) is 5.30. The van der Waals surface area contributed by atoms with Crippen LogP contribution in [0.15, 0.2) is 18.2 Å². The minimum atomic E-state index is -0.367. The summed E-state index contributed by atoms with van der Waals surface area (Å²) >= 11 is 5.68. The van der Waals surface area contributed by atoms with Gasteiger partial charge in [0, 0.05) is 17.4 Å². The topological polar surface area (TPSA) is 17.1 Å². The molecule has 90 valence electrons. The normalized spacial score (nSPS) is 30.1. The number of Topliss-reactive ketones (excluding diaryl/α,β-unsaturated/α-hetero) is 1. The van der Waals surface area contributed by atoms with E-state index in [9.17, 15) is 9.18 Å². The number of hydrogen-bond donors (Lipinski definition) is 0. The molecule has 17 heavy (non-hydrogen) atoms. The van der Waals surface area contributed by atoms with Crippen LogP contribution in [-0.4, -0.2) is 5.78 Å². The molecule has 2 fully saturated rings. The monoisotopic (exact) mass is 252 g/mol. The first-order valence-electron chi connectivity index (χ1n) is 6.10. The minimum Gasteiger partial charge on any atom is -0.299 e. The van der Waals surface area contributed by atoms with Gasteiger partial charge in [-0.3, -0.25) is 4.79 Å². The Kier molecular flexibility index (Phi) is 2.70. The van der Waals surface area contributed by atoms with Gasteiger partial charge in [0.15, 0.2) is 0 Å². The standard InChI is InChI=1S/C14H14ClFO/c15-12-2-1-8(13(16)7-12)6-14(17)11-4-9-3-10(9)5-11/h1-2,7,9-11H,3-6H2. The number of carbonyl (C=O) groups is 1. The molecule has 2 unspecified atom stereocenters.